The number of hydrogen-bond donors (Lipinski definition) is 1. The molecule has 0 aliphatic rings. The van der Waals surface area contributed by atoms with Crippen molar-refractivity contribution in [3.8, 4) is 17.6 Å². The highest BCUT2D eigenvalue weighted by molar-refractivity contribution is 6.32. The van der Waals surface area contributed by atoms with Crippen LogP contribution < -0.4 is 10.5 Å². The number of ether oxygens (including phenoxy) is 1. The molecule has 3 nitrogen and oxygen atoms in total. The zero-order chi connectivity index (χ0) is 14.0. The zero-order valence-corrected chi connectivity index (χ0v) is 10.2. The van der Waals surface area contributed by atoms with Crippen LogP contribution in [0.2, 0.25) is 5.02 Å². The second kappa shape index (κ2) is 5.12. The van der Waals surface area contributed by atoms with E-state index in [4.69, 9.17) is 27.3 Å². The van der Waals surface area contributed by atoms with E-state index in [1.54, 1.807) is 12.1 Å². The van der Waals surface area contributed by atoms with Crippen molar-refractivity contribution < 1.29 is 13.5 Å². The van der Waals surface area contributed by atoms with Gasteiger partial charge in [0.15, 0.2) is 23.1 Å². The first kappa shape index (κ1) is 13.1. The van der Waals surface area contributed by atoms with E-state index in [2.05, 4.69) is 0 Å². The lowest BCUT2D eigenvalue weighted by molar-refractivity contribution is 0.409. The van der Waals surface area contributed by atoms with E-state index in [0.717, 1.165) is 12.1 Å². The number of nitrogen functional groups attached to an aromatic ring is 1. The van der Waals surface area contributed by atoms with Gasteiger partial charge in [0, 0.05) is 0 Å². The predicted molar refractivity (Wildman–Crippen MR) is 67.0 cm³/mol. The van der Waals surface area contributed by atoms with Gasteiger partial charge < -0.3 is 10.5 Å². The predicted octanol–water partition coefficient (Wildman–Crippen LogP) is 3.86. The van der Waals surface area contributed by atoms with Gasteiger partial charge in [-0.1, -0.05) is 17.7 Å². The lowest BCUT2D eigenvalue weighted by atomic mass is 10.2. The summed E-state index contributed by atoms with van der Waals surface area (Å²) in [6.45, 7) is 0. The van der Waals surface area contributed by atoms with E-state index in [9.17, 15) is 8.78 Å². The number of rotatable bonds is 2. The van der Waals surface area contributed by atoms with Gasteiger partial charge in [-0.25, -0.2) is 8.78 Å². The fraction of sp³-hybridized carbons (Fsp3) is 0. The number of nitrogens with zero attached hydrogens (tertiary/aromatic N) is 1. The Labute approximate surface area is 112 Å². The SMILES string of the molecule is N#Cc1cc(F)c(Oc2c(N)cccc2Cl)c(F)c1. The van der Waals surface area contributed by atoms with E-state index >= 15 is 0 Å². The summed E-state index contributed by atoms with van der Waals surface area (Å²) >= 11 is 5.84. The number of benzene rings is 2. The topological polar surface area (TPSA) is 59.0 Å². The van der Waals surface area contributed by atoms with Crippen LogP contribution in [0, 0.1) is 23.0 Å². The summed E-state index contributed by atoms with van der Waals surface area (Å²) < 4.78 is 32.4. The molecule has 0 saturated heterocycles. The van der Waals surface area contributed by atoms with Crippen LogP contribution in [0.3, 0.4) is 0 Å². The molecule has 6 heteroatoms. The molecular weight excluding hydrogens is 274 g/mol. The molecule has 2 aromatic rings. The first-order chi connectivity index (χ1) is 9.02. The average molecular weight is 281 g/mol. The third-order valence-corrected chi connectivity index (χ3v) is 2.63. The molecule has 0 aliphatic carbocycles. The van der Waals surface area contributed by atoms with Crippen molar-refractivity contribution in [2.24, 2.45) is 0 Å². The molecule has 0 aliphatic heterocycles. The second-order valence-electron chi connectivity index (χ2n) is 3.64. The number of hydrogen-bond acceptors (Lipinski definition) is 3. The molecule has 0 amide bonds. The van der Waals surface area contributed by atoms with Gasteiger partial charge in [-0.05, 0) is 24.3 Å². The summed E-state index contributed by atoms with van der Waals surface area (Å²) in [5, 5.41) is 8.72. The van der Waals surface area contributed by atoms with Crippen molar-refractivity contribution in [2.45, 2.75) is 0 Å². The van der Waals surface area contributed by atoms with Crippen LogP contribution in [0.5, 0.6) is 11.5 Å². The van der Waals surface area contributed by atoms with Crippen LogP contribution >= 0.6 is 11.6 Å². The molecule has 2 N–H and O–H groups in total. The van der Waals surface area contributed by atoms with Crippen molar-refractivity contribution in [1.82, 2.24) is 0 Å². The summed E-state index contributed by atoms with van der Waals surface area (Å²) in [5.74, 6) is -2.70. The largest absolute Gasteiger partial charge is 0.447 e. The van der Waals surface area contributed by atoms with Gasteiger partial charge in [0.05, 0.1) is 22.3 Å². The van der Waals surface area contributed by atoms with Crippen molar-refractivity contribution >= 4 is 17.3 Å². The fourth-order valence-corrected chi connectivity index (χ4v) is 1.68. The van der Waals surface area contributed by atoms with Crippen molar-refractivity contribution in [2.75, 3.05) is 5.73 Å². The Morgan fingerprint density at radius 1 is 1.16 bits per heavy atom. The standard InChI is InChI=1S/C13H7ClF2N2O/c14-8-2-1-3-11(18)12(8)19-13-9(15)4-7(6-17)5-10(13)16/h1-5H,18H2. The van der Waals surface area contributed by atoms with Gasteiger partial charge >= 0.3 is 0 Å². The minimum Gasteiger partial charge on any atom is -0.447 e. The Morgan fingerprint density at radius 3 is 2.32 bits per heavy atom. The molecule has 0 bridgehead atoms. The van der Waals surface area contributed by atoms with Crippen LogP contribution in [0.15, 0.2) is 30.3 Å². The van der Waals surface area contributed by atoms with E-state index < -0.39 is 17.4 Å². The third-order valence-electron chi connectivity index (χ3n) is 2.33. The van der Waals surface area contributed by atoms with Gasteiger partial charge in [0.25, 0.3) is 0 Å². The molecule has 96 valence electrons. The van der Waals surface area contributed by atoms with E-state index in [1.807, 2.05) is 0 Å². The quantitative estimate of drug-likeness (QED) is 0.850. The van der Waals surface area contributed by atoms with Crippen LogP contribution in [0.25, 0.3) is 0 Å². The van der Waals surface area contributed by atoms with E-state index in [0.29, 0.717) is 0 Å². The highest BCUT2D eigenvalue weighted by Gasteiger charge is 2.16. The summed E-state index contributed by atoms with van der Waals surface area (Å²) in [4.78, 5) is 0. The number of anilines is 1. The number of nitriles is 1. The normalized spacial score (nSPS) is 10.0. The molecule has 0 atom stereocenters. The molecular formula is C13H7ClF2N2O. The summed E-state index contributed by atoms with van der Waals surface area (Å²) in [5.41, 5.74) is 5.62. The third kappa shape index (κ3) is 2.59. The maximum Gasteiger partial charge on any atom is 0.198 e. The molecule has 0 unspecified atom stereocenters. The smallest absolute Gasteiger partial charge is 0.198 e. The van der Waals surface area contributed by atoms with Crippen LogP contribution in [-0.2, 0) is 0 Å². The summed E-state index contributed by atoms with van der Waals surface area (Å²) in [7, 11) is 0. The second-order valence-corrected chi connectivity index (χ2v) is 4.05. The van der Waals surface area contributed by atoms with Gasteiger partial charge in [-0.15, -0.1) is 0 Å². The molecule has 0 radical (unpaired) electrons. The van der Waals surface area contributed by atoms with Gasteiger partial charge in [-0.3, -0.25) is 0 Å². The van der Waals surface area contributed by atoms with Crippen molar-refractivity contribution in [3.05, 3.63) is 52.6 Å². The maximum absolute atomic E-state index is 13.6. The molecule has 19 heavy (non-hydrogen) atoms. The Bertz CT molecular complexity index is 640. The molecule has 0 spiro atoms. The molecule has 0 saturated carbocycles. The van der Waals surface area contributed by atoms with Gasteiger partial charge in [0.1, 0.15) is 0 Å². The Kier molecular flexibility index (Phi) is 3.54. The van der Waals surface area contributed by atoms with Crippen molar-refractivity contribution in [1.29, 1.82) is 5.26 Å². The first-order valence-electron chi connectivity index (χ1n) is 5.14. The Morgan fingerprint density at radius 2 is 1.79 bits per heavy atom. The first-order valence-corrected chi connectivity index (χ1v) is 5.51. The average Bonchev–Trinajstić information content (AvgIpc) is 2.36. The molecule has 0 heterocycles. The molecule has 2 rings (SSSR count). The minimum absolute atomic E-state index is 0.0355. The number of halogens is 3. The summed E-state index contributed by atoms with van der Waals surface area (Å²) in [6.07, 6.45) is 0. The van der Waals surface area contributed by atoms with E-state index in [-0.39, 0.29) is 22.0 Å². The Hall–Kier alpha value is -2.32. The van der Waals surface area contributed by atoms with Crippen LogP contribution in [0.1, 0.15) is 5.56 Å². The fourth-order valence-electron chi connectivity index (χ4n) is 1.46. The molecule has 0 aromatic heterocycles. The monoisotopic (exact) mass is 280 g/mol. The summed E-state index contributed by atoms with van der Waals surface area (Å²) in [6, 6.07) is 7.91. The van der Waals surface area contributed by atoms with Crippen molar-refractivity contribution in [3.63, 3.8) is 0 Å². The highest BCUT2D eigenvalue weighted by Crippen LogP contribution is 2.36. The number of para-hydroxylation sites is 1. The number of nitrogens with two attached hydrogens (primary N) is 1. The lowest BCUT2D eigenvalue weighted by Crippen LogP contribution is -1.97. The maximum atomic E-state index is 13.6. The zero-order valence-electron chi connectivity index (χ0n) is 9.45. The Balaban J connectivity index is 2.48. The van der Waals surface area contributed by atoms with E-state index in [1.165, 1.54) is 12.1 Å². The van der Waals surface area contributed by atoms with Gasteiger partial charge in [0.2, 0.25) is 0 Å². The van der Waals surface area contributed by atoms with Crippen LogP contribution in [0.4, 0.5) is 14.5 Å². The minimum atomic E-state index is -1.00. The molecule has 2 aromatic carbocycles. The van der Waals surface area contributed by atoms with Gasteiger partial charge in [-0.2, -0.15) is 5.26 Å². The lowest BCUT2D eigenvalue weighted by Gasteiger charge is -2.11. The molecule has 0 fully saturated rings. The van der Waals surface area contributed by atoms with Crippen LogP contribution in [-0.4, -0.2) is 0 Å². The highest BCUT2D eigenvalue weighted by atomic mass is 35.5.